The van der Waals surface area contributed by atoms with Gasteiger partial charge in [0.05, 0.1) is 0 Å². The van der Waals surface area contributed by atoms with Crippen LogP contribution in [-0.2, 0) is 5.41 Å². The maximum absolute atomic E-state index is 6.65. The van der Waals surface area contributed by atoms with Gasteiger partial charge >= 0.3 is 0 Å². The molecule has 0 radical (unpaired) electrons. The van der Waals surface area contributed by atoms with Gasteiger partial charge in [0, 0.05) is 10.8 Å². The third kappa shape index (κ3) is 5.57. The molecule has 0 aliphatic heterocycles. The number of halogens is 1. The Kier molecular flexibility index (Phi) is 7.53. The van der Waals surface area contributed by atoms with Crippen molar-refractivity contribution in [3.63, 3.8) is 0 Å². The Labute approximate surface area is 124 Å². The Morgan fingerprint density at radius 2 is 1.53 bits per heavy atom. The summed E-state index contributed by atoms with van der Waals surface area (Å²) in [5.41, 5.74) is 1.41. The van der Waals surface area contributed by atoms with E-state index < -0.39 is 0 Å². The fraction of sp³-hybridized carbons (Fsp3) is 0.667. The Balaban J connectivity index is 2.34. The molecular formula is C18H29Cl. The Morgan fingerprint density at radius 3 is 2.16 bits per heavy atom. The zero-order chi connectivity index (χ0) is 14.1. The summed E-state index contributed by atoms with van der Waals surface area (Å²) in [5, 5.41) is 0.223. The molecule has 0 heterocycles. The minimum absolute atomic E-state index is 0.0617. The lowest BCUT2D eigenvalue weighted by atomic mass is 9.79. The van der Waals surface area contributed by atoms with Crippen molar-refractivity contribution in [2.45, 2.75) is 76.5 Å². The van der Waals surface area contributed by atoms with Crippen molar-refractivity contribution >= 4 is 11.6 Å². The molecular weight excluding hydrogens is 252 g/mol. The Hall–Kier alpha value is -0.490. The fourth-order valence-electron chi connectivity index (χ4n) is 2.51. The standard InChI is InChI=1S/C18H29Cl/c1-4-5-6-7-8-12-15-17(19)18(2,3)16-13-10-9-11-14-16/h9-11,13-14,17H,4-8,12,15H2,1-3H3. The van der Waals surface area contributed by atoms with Crippen LogP contribution in [0.15, 0.2) is 30.3 Å². The number of alkyl halides is 1. The topological polar surface area (TPSA) is 0 Å². The van der Waals surface area contributed by atoms with E-state index in [9.17, 15) is 0 Å². The molecule has 1 aromatic carbocycles. The molecule has 0 aliphatic rings. The van der Waals surface area contributed by atoms with E-state index in [1.54, 1.807) is 0 Å². The van der Waals surface area contributed by atoms with Gasteiger partial charge in [-0.2, -0.15) is 0 Å². The fourth-order valence-corrected chi connectivity index (χ4v) is 2.79. The number of benzene rings is 1. The third-order valence-electron chi connectivity index (χ3n) is 4.11. The lowest BCUT2D eigenvalue weighted by molar-refractivity contribution is 0.450. The van der Waals surface area contributed by atoms with E-state index in [4.69, 9.17) is 11.6 Å². The highest BCUT2D eigenvalue weighted by Gasteiger charge is 2.28. The lowest BCUT2D eigenvalue weighted by Crippen LogP contribution is -2.29. The van der Waals surface area contributed by atoms with E-state index in [0.29, 0.717) is 0 Å². The molecule has 0 saturated heterocycles. The highest BCUT2D eigenvalue weighted by Crippen LogP contribution is 2.33. The maximum atomic E-state index is 6.65. The number of unbranched alkanes of at least 4 members (excludes halogenated alkanes) is 5. The molecule has 0 bridgehead atoms. The molecule has 0 fully saturated rings. The van der Waals surface area contributed by atoms with Gasteiger partial charge in [-0.05, 0) is 12.0 Å². The summed E-state index contributed by atoms with van der Waals surface area (Å²) in [6, 6.07) is 10.7. The van der Waals surface area contributed by atoms with Crippen molar-refractivity contribution in [2.75, 3.05) is 0 Å². The first-order chi connectivity index (χ1) is 9.09. The minimum Gasteiger partial charge on any atom is -0.122 e. The van der Waals surface area contributed by atoms with Crippen LogP contribution in [0.4, 0.5) is 0 Å². The second kappa shape index (κ2) is 8.64. The van der Waals surface area contributed by atoms with Crippen LogP contribution in [0.3, 0.4) is 0 Å². The number of hydrogen-bond donors (Lipinski definition) is 0. The molecule has 0 N–H and O–H groups in total. The van der Waals surface area contributed by atoms with E-state index >= 15 is 0 Å². The van der Waals surface area contributed by atoms with Crippen molar-refractivity contribution < 1.29 is 0 Å². The number of rotatable bonds is 9. The molecule has 0 spiro atoms. The quantitative estimate of drug-likeness (QED) is 0.367. The molecule has 0 nitrogen and oxygen atoms in total. The molecule has 0 amide bonds. The van der Waals surface area contributed by atoms with Gasteiger partial charge in [0.1, 0.15) is 0 Å². The Bertz CT molecular complexity index is 329. The number of hydrogen-bond acceptors (Lipinski definition) is 0. The van der Waals surface area contributed by atoms with Crippen LogP contribution in [0.25, 0.3) is 0 Å². The van der Waals surface area contributed by atoms with Gasteiger partial charge in [-0.3, -0.25) is 0 Å². The van der Waals surface area contributed by atoms with Gasteiger partial charge in [-0.1, -0.05) is 89.6 Å². The highest BCUT2D eigenvalue weighted by atomic mass is 35.5. The lowest BCUT2D eigenvalue weighted by Gasteiger charge is -2.30. The molecule has 0 aliphatic carbocycles. The van der Waals surface area contributed by atoms with Gasteiger partial charge in [-0.15, -0.1) is 11.6 Å². The third-order valence-corrected chi connectivity index (χ3v) is 4.88. The van der Waals surface area contributed by atoms with Gasteiger partial charge in [0.2, 0.25) is 0 Å². The van der Waals surface area contributed by atoms with Crippen molar-refractivity contribution in [2.24, 2.45) is 0 Å². The second-order valence-electron chi connectivity index (χ2n) is 6.11. The Morgan fingerprint density at radius 1 is 0.947 bits per heavy atom. The predicted octanol–water partition coefficient (Wildman–Crippen LogP) is 6.32. The second-order valence-corrected chi connectivity index (χ2v) is 6.64. The van der Waals surface area contributed by atoms with Crippen molar-refractivity contribution in [3.05, 3.63) is 35.9 Å². The van der Waals surface area contributed by atoms with Crippen molar-refractivity contribution in [1.29, 1.82) is 0 Å². The van der Waals surface area contributed by atoms with E-state index in [1.165, 1.54) is 44.1 Å². The molecule has 1 rings (SSSR count). The predicted molar refractivity (Wildman–Crippen MR) is 87.1 cm³/mol. The van der Waals surface area contributed by atoms with E-state index in [1.807, 2.05) is 0 Å². The first kappa shape index (κ1) is 16.6. The van der Waals surface area contributed by atoms with Gasteiger partial charge in [-0.25, -0.2) is 0 Å². The van der Waals surface area contributed by atoms with E-state index in [0.717, 1.165) is 6.42 Å². The minimum atomic E-state index is 0.0617. The van der Waals surface area contributed by atoms with Crippen LogP contribution < -0.4 is 0 Å². The largest absolute Gasteiger partial charge is 0.122 e. The summed E-state index contributed by atoms with van der Waals surface area (Å²) in [7, 11) is 0. The summed E-state index contributed by atoms with van der Waals surface area (Å²) in [5.74, 6) is 0. The molecule has 1 atom stereocenters. The first-order valence-corrected chi connectivity index (χ1v) is 8.22. The summed E-state index contributed by atoms with van der Waals surface area (Å²) < 4.78 is 0. The van der Waals surface area contributed by atoms with E-state index in [-0.39, 0.29) is 10.8 Å². The summed E-state index contributed by atoms with van der Waals surface area (Å²) in [6.45, 7) is 6.78. The average Bonchev–Trinajstić information content (AvgIpc) is 2.43. The molecule has 0 saturated carbocycles. The van der Waals surface area contributed by atoms with Crippen molar-refractivity contribution in [3.8, 4) is 0 Å². The zero-order valence-corrected chi connectivity index (χ0v) is 13.5. The van der Waals surface area contributed by atoms with Crippen LogP contribution >= 0.6 is 11.6 Å². The van der Waals surface area contributed by atoms with Crippen molar-refractivity contribution in [1.82, 2.24) is 0 Å². The van der Waals surface area contributed by atoms with Crippen LogP contribution in [0, 0.1) is 0 Å². The zero-order valence-electron chi connectivity index (χ0n) is 12.8. The normalized spacial score (nSPS) is 13.5. The van der Waals surface area contributed by atoms with Gasteiger partial charge < -0.3 is 0 Å². The van der Waals surface area contributed by atoms with Crippen LogP contribution in [0.1, 0.15) is 71.3 Å². The molecule has 1 unspecified atom stereocenters. The summed E-state index contributed by atoms with van der Waals surface area (Å²) in [6.07, 6.45) is 9.14. The average molecular weight is 281 g/mol. The van der Waals surface area contributed by atoms with Crippen LogP contribution in [0.5, 0.6) is 0 Å². The monoisotopic (exact) mass is 280 g/mol. The highest BCUT2D eigenvalue weighted by molar-refractivity contribution is 6.21. The van der Waals surface area contributed by atoms with Gasteiger partial charge in [0.25, 0.3) is 0 Å². The van der Waals surface area contributed by atoms with Crippen LogP contribution in [0.2, 0.25) is 0 Å². The smallest absolute Gasteiger partial charge is 0.0427 e. The van der Waals surface area contributed by atoms with Crippen LogP contribution in [-0.4, -0.2) is 5.38 Å². The van der Waals surface area contributed by atoms with Gasteiger partial charge in [0.15, 0.2) is 0 Å². The van der Waals surface area contributed by atoms with E-state index in [2.05, 4.69) is 51.1 Å². The SMILES string of the molecule is CCCCCCCCC(Cl)C(C)(C)c1ccccc1. The molecule has 1 heteroatoms. The maximum Gasteiger partial charge on any atom is 0.0427 e. The molecule has 108 valence electrons. The molecule has 19 heavy (non-hydrogen) atoms. The molecule has 1 aromatic rings. The first-order valence-electron chi connectivity index (χ1n) is 7.78. The summed E-state index contributed by atoms with van der Waals surface area (Å²) >= 11 is 6.65. The molecule has 0 aromatic heterocycles. The summed E-state index contributed by atoms with van der Waals surface area (Å²) in [4.78, 5) is 0.